The highest BCUT2D eigenvalue weighted by Gasteiger charge is 2.35. The van der Waals surface area contributed by atoms with Crippen LogP contribution in [0.5, 0.6) is 5.75 Å². The molecule has 1 unspecified atom stereocenters. The van der Waals surface area contributed by atoms with Crippen molar-refractivity contribution in [2.45, 2.75) is 25.8 Å². The molecule has 0 saturated carbocycles. The number of anilines is 1. The Labute approximate surface area is 129 Å². The topological polar surface area (TPSA) is 63.7 Å². The Kier molecular flexibility index (Phi) is 4.78. The molecule has 0 aliphatic carbocycles. The van der Waals surface area contributed by atoms with Gasteiger partial charge in [-0.25, -0.2) is 8.42 Å². The highest BCUT2D eigenvalue weighted by Crippen LogP contribution is 2.32. The molecular formula is C14H18ClNO4S. The van der Waals surface area contributed by atoms with E-state index in [0.29, 0.717) is 29.3 Å². The standard InChI is InChI=1S/C14H18ClNO4S/c1-3-14(17)16(11-6-7-21(18,19)9-11)10-4-5-13(20-2)12(15)8-10/h4-5,8,11H,3,6-7,9H2,1-2H3. The molecule has 0 radical (unpaired) electrons. The minimum atomic E-state index is -3.06. The Balaban J connectivity index is 2.37. The van der Waals surface area contributed by atoms with E-state index in [-0.39, 0.29) is 23.5 Å². The molecule has 2 rings (SSSR count). The number of carbonyl (C=O) groups is 1. The van der Waals surface area contributed by atoms with Crippen molar-refractivity contribution in [3.05, 3.63) is 23.2 Å². The van der Waals surface area contributed by atoms with Gasteiger partial charge in [-0.1, -0.05) is 18.5 Å². The van der Waals surface area contributed by atoms with Crippen LogP contribution in [0, 0.1) is 0 Å². The lowest BCUT2D eigenvalue weighted by atomic mass is 10.1. The van der Waals surface area contributed by atoms with Crippen LogP contribution in [-0.4, -0.2) is 39.0 Å². The average Bonchev–Trinajstić information content (AvgIpc) is 2.79. The zero-order valence-corrected chi connectivity index (χ0v) is 13.6. The van der Waals surface area contributed by atoms with Gasteiger partial charge in [0.25, 0.3) is 0 Å². The highest BCUT2D eigenvalue weighted by molar-refractivity contribution is 7.91. The summed E-state index contributed by atoms with van der Waals surface area (Å²) < 4.78 is 28.4. The molecule has 0 N–H and O–H groups in total. The van der Waals surface area contributed by atoms with E-state index in [0.717, 1.165) is 0 Å². The van der Waals surface area contributed by atoms with Crippen molar-refractivity contribution in [1.82, 2.24) is 0 Å². The Morgan fingerprint density at radius 2 is 2.19 bits per heavy atom. The molecule has 0 spiro atoms. The van der Waals surface area contributed by atoms with Gasteiger partial charge in [0.2, 0.25) is 5.91 Å². The van der Waals surface area contributed by atoms with Gasteiger partial charge < -0.3 is 9.64 Å². The van der Waals surface area contributed by atoms with Crippen LogP contribution in [0.4, 0.5) is 5.69 Å². The minimum absolute atomic E-state index is 0.00237. The van der Waals surface area contributed by atoms with Crippen molar-refractivity contribution < 1.29 is 17.9 Å². The number of hydrogen-bond donors (Lipinski definition) is 0. The van der Waals surface area contributed by atoms with Gasteiger partial charge >= 0.3 is 0 Å². The third kappa shape index (κ3) is 3.49. The third-order valence-electron chi connectivity index (χ3n) is 3.56. The predicted molar refractivity (Wildman–Crippen MR) is 82.8 cm³/mol. The summed E-state index contributed by atoms with van der Waals surface area (Å²) in [6.45, 7) is 1.75. The first-order valence-electron chi connectivity index (χ1n) is 6.74. The van der Waals surface area contributed by atoms with E-state index < -0.39 is 9.84 Å². The lowest BCUT2D eigenvalue weighted by Crippen LogP contribution is -2.41. The van der Waals surface area contributed by atoms with E-state index in [1.165, 1.54) is 7.11 Å². The van der Waals surface area contributed by atoms with Crippen LogP contribution >= 0.6 is 11.6 Å². The SMILES string of the molecule is CCC(=O)N(c1ccc(OC)c(Cl)c1)C1CCS(=O)(=O)C1. The normalized spacial score (nSPS) is 20.2. The first-order valence-corrected chi connectivity index (χ1v) is 8.94. The molecule has 1 heterocycles. The summed E-state index contributed by atoms with van der Waals surface area (Å²) in [6, 6.07) is 4.71. The summed E-state index contributed by atoms with van der Waals surface area (Å²) in [5.41, 5.74) is 0.606. The molecule has 1 aliphatic rings. The maximum Gasteiger partial charge on any atom is 0.226 e. The molecule has 1 saturated heterocycles. The smallest absolute Gasteiger partial charge is 0.226 e. The van der Waals surface area contributed by atoms with E-state index in [1.54, 1.807) is 30.0 Å². The van der Waals surface area contributed by atoms with Crippen LogP contribution in [0.25, 0.3) is 0 Å². The molecule has 0 bridgehead atoms. The number of sulfone groups is 1. The van der Waals surface area contributed by atoms with E-state index >= 15 is 0 Å². The van der Waals surface area contributed by atoms with E-state index in [9.17, 15) is 13.2 Å². The van der Waals surface area contributed by atoms with E-state index in [4.69, 9.17) is 16.3 Å². The van der Waals surface area contributed by atoms with Crippen LogP contribution in [0.3, 0.4) is 0 Å². The Bertz CT molecular complexity index is 644. The Hall–Kier alpha value is -1.27. The van der Waals surface area contributed by atoms with E-state index in [2.05, 4.69) is 0 Å². The molecular weight excluding hydrogens is 314 g/mol. The molecule has 1 atom stereocenters. The molecule has 7 heteroatoms. The number of rotatable bonds is 4. The fourth-order valence-corrected chi connectivity index (χ4v) is 4.46. The molecule has 1 aliphatic heterocycles. The van der Waals surface area contributed by atoms with Crippen LogP contribution < -0.4 is 9.64 Å². The van der Waals surface area contributed by atoms with Gasteiger partial charge in [-0.15, -0.1) is 0 Å². The molecule has 1 fully saturated rings. The first kappa shape index (κ1) is 16.1. The van der Waals surface area contributed by atoms with Gasteiger partial charge in [-0.05, 0) is 24.6 Å². The van der Waals surface area contributed by atoms with Gasteiger partial charge in [0.1, 0.15) is 5.75 Å². The number of amides is 1. The summed E-state index contributed by atoms with van der Waals surface area (Å²) in [7, 11) is -1.55. The largest absolute Gasteiger partial charge is 0.495 e. The second kappa shape index (κ2) is 6.23. The number of halogens is 1. The van der Waals surface area contributed by atoms with Crippen molar-refractivity contribution in [2.24, 2.45) is 0 Å². The molecule has 1 aromatic rings. The van der Waals surface area contributed by atoms with Crippen molar-refractivity contribution in [2.75, 3.05) is 23.5 Å². The maximum absolute atomic E-state index is 12.2. The molecule has 1 amide bonds. The molecule has 21 heavy (non-hydrogen) atoms. The number of methoxy groups -OCH3 is 1. The lowest BCUT2D eigenvalue weighted by molar-refractivity contribution is -0.118. The fourth-order valence-electron chi connectivity index (χ4n) is 2.51. The highest BCUT2D eigenvalue weighted by atomic mass is 35.5. The van der Waals surface area contributed by atoms with Crippen LogP contribution in [0.2, 0.25) is 5.02 Å². The number of nitrogens with zero attached hydrogens (tertiary/aromatic N) is 1. The van der Waals surface area contributed by atoms with Crippen LogP contribution in [0.15, 0.2) is 18.2 Å². The van der Waals surface area contributed by atoms with Gasteiger partial charge in [0.05, 0.1) is 29.7 Å². The van der Waals surface area contributed by atoms with Crippen LogP contribution in [0.1, 0.15) is 19.8 Å². The quantitative estimate of drug-likeness (QED) is 0.849. The van der Waals surface area contributed by atoms with Crippen LogP contribution in [-0.2, 0) is 14.6 Å². The second-order valence-electron chi connectivity index (χ2n) is 4.99. The monoisotopic (exact) mass is 331 g/mol. The number of benzene rings is 1. The maximum atomic E-state index is 12.2. The first-order chi connectivity index (χ1) is 9.88. The van der Waals surface area contributed by atoms with Crippen molar-refractivity contribution in [3.8, 4) is 5.75 Å². The number of ether oxygens (including phenoxy) is 1. The third-order valence-corrected chi connectivity index (χ3v) is 5.60. The molecule has 116 valence electrons. The summed E-state index contributed by atoms with van der Waals surface area (Å²) >= 11 is 6.10. The fraction of sp³-hybridized carbons (Fsp3) is 0.500. The summed E-state index contributed by atoms with van der Waals surface area (Å²) in [4.78, 5) is 13.8. The van der Waals surface area contributed by atoms with Gasteiger partial charge in [0.15, 0.2) is 9.84 Å². The minimum Gasteiger partial charge on any atom is -0.495 e. The Morgan fingerprint density at radius 3 is 2.67 bits per heavy atom. The zero-order chi connectivity index (χ0) is 15.6. The molecule has 0 aromatic heterocycles. The number of carbonyl (C=O) groups excluding carboxylic acids is 1. The molecule has 5 nitrogen and oxygen atoms in total. The second-order valence-corrected chi connectivity index (χ2v) is 7.63. The zero-order valence-electron chi connectivity index (χ0n) is 12.0. The predicted octanol–water partition coefficient (Wildman–Crippen LogP) is 2.28. The Morgan fingerprint density at radius 1 is 1.48 bits per heavy atom. The van der Waals surface area contributed by atoms with Gasteiger partial charge in [-0.3, -0.25) is 4.79 Å². The lowest BCUT2D eigenvalue weighted by Gasteiger charge is -2.28. The van der Waals surface area contributed by atoms with Crippen molar-refractivity contribution >= 4 is 33.0 Å². The average molecular weight is 332 g/mol. The van der Waals surface area contributed by atoms with Crippen molar-refractivity contribution in [3.63, 3.8) is 0 Å². The number of hydrogen-bond acceptors (Lipinski definition) is 4. The molecule has 1 aromatic carbocycles. The summed E-state index contributed by atoms with van der Waals surface area (Å²) in [6.07, 6.45) is 0.762. The van der Waals surface area contributed by atoms with Crippen molar-refractivity contribution in [1.29, 1.82) is 0 Å². The van der Waals surface area contributed by atoms with Gasteiger partial charge in [0, 0.05) is 12.1 Å². The van der Waals surface area contributed by atoms with Gasteiger partial charge in [-0.2, -0.15) is 0 Å². The van der Waals surface area contributed by atoms with E-state index in [1.807, 2.05) is 0 Å². The summed E-state index contributed by atoms with van der Waals surface area (Å²) in [5.74, 6) is 0.527. The summed E-state index contributed by atoms with van der Waals surface area (Å²) in [5, 5.41) is 0.393.